The lowest BCUT2D eigenvalue weighted by atomic mass is 10.4. The molecule has 0 aromatic heterocycles. The average molecular weight is 423 g/mol. The third-order valence-corrected chi connectivity index (χ3v) is 4.97. The quantitative estimate of drug-likeness (QED) is 0.693. The molecule has 8 heteroatoms. The number of sulfonamides is 1. The first kappa shape index (κ1) is 18.3. The lowest BCUT2D eigenvalue weighted by Gasteiger charge is -2.09. The number of likely N-dealkylation sites (N-methyl/N-ethyl adjacent to an activating group) is 1. The summed E-state index contributed by atoms with van der Waals surface area (Å²) >= 11 is 6.49. The number of hydrogen-bond acceptors (Lipinski definition) is 3. The molecule has 2 N–H and O–H groups in total. The van der Waals surface area contributed by atoms with Crippen molar-refractivity contribution in [2.24, 2.45) is 0 Å². The van der Waals surface area contributed by atoms with E-state index in [1.54, 1.807) is 18.2 Å². The molecular formula is C10H15Br2ClN2O2S. The lowest BCUT2D eigenvalue weighted by molar-refractivity contribution is 0.577. The van der Waals surface area contributed by atoms with E-state index in [-0.39, 0.29) is 17.3 Å². The molecule has 0 atom stereocenters. The van der Waals surface area contributed by atoms with Gasteiger partial charge >= 0.3 is 0 Å². The molecule has 0 saturated carbocycles. The van der Waals surface area contributed by atoms with E-state index in [0.717, 1.165) is 11.0 Å². The van der Waals surface area contributed by atoms with Crippen LogP contribution in [0.15, 0.2) is 32.0 Å². The molecule has 0 spiro atoms. The molecular weight excluding hydrogens is 407 g/mol. The van der Waals surface area contributed by atoms with Gasteiger partial charge in [-0.05, 0) is 40.7 Å². The number of halogens is 3. The van der Waals surface area contributed by atoms with E-state index in [1.165, 1.54) is 0 Å². The van der Waals surface area contributed by atoms with Crippen molar-refractivity contribution in [3.63, 3.8) is 0 Å². The maximum atomic E-state index is 12.0. The van der Waals surface area contributed by atoms with Crippen LogP contribution in [0.4, 0.5) is 0 Å². The summed E-state index contributed by atoms with van der Waals surface area (Å²) in [6, 6.07) is 5.05. The Morgan fingerprint density at radius 2 is 1.89 bits per heavy atom. The summed E-state index contributed by atoms with van der Waals surface area (Å²) in [5.74, 6) is 0. The van der Waals surface area contributed by atoms with Crippen molar-refractivity contribution in [2.45, 2.75) is 11.8 Å². The Labute approximate surface area is 131 Å². The average Bonchev–Trinajstić information content (AvgIpc) is 2.28. The van der Waals surface area contributed by atoms with Crippen molar-refractivity contribution in [3.8, 4) is 0 Å². The molecule has 0 aliphatic carbocycles. The van der Waals surface area contributed by atoms with Gasteiger partial charge < -0.3 is 5.32 Å². The number of hydrogen-bond donors (Lipinski definition) is 2. The predicted octanol–water partition coefficient (Wildman–Crippen LogP) is 2.52. The predicted molar refractivity (Wildman–Crippen MR) is 82.8 cm³/mol. The highest BCUT2D eigenvalue weighted by Gasteiger charge is 2.17. The van der Waals surface area contributed by atoms with Gasteiger partial charge in [-0.3, -0.25) is 0 Å². The molecule has 0 heterocycles. The minimum atomic E-state index is -3.46. The van der Waals surface area contributed by atoms with Crippen LogP contribution >= 0.6 is 44.3 Å². The second kappa shape index (κ2) is 8.50. The van der Waals surface area contributed by atoms with Crippen LogP contribution in [0.2, 0.25) is 0 Å². The van der Waals surface area contributed by atoms with Crippen LogP contribution in [0.5, 0.6) is 0 Å². The summed E-state index contributed by atoms with van der Waals surface area (Å²) in [5, 5.41) is 3.05. The second-order valence-electron chi connectivity index (χ2n) is 3.33. The Morgan fingerprint density at radius 1 is 1.22 bits per heavy atom. The fraction of sp³-hybridized carbons (Fsp3) is 0.400. The molecule has 1 aromatic carbocycles. The molecule has 1 aromatic rings. The van der Waals surface area contributed by atoms with E-state index in [2.05, 4.69) is 41.9 Å². The van der Waals surface area contributed by atoms with E-state index in [9.17, 15) is 8.42 Å². The van der Waals surface area contributed by atoms with Crippen LogP contribution in [0, 0.1) is 0 Å². The highest BCUT2D eigenvalue weighted by Crippen LogP contribution is 2.25. The number of rotatable bonds is 6. The molecule has 0 amide bonds. The third kappa shape index (κ3) is 5.54. The highest BCUT2D eigenvalue weighted by atomic mass is 79.9. The first-order valence-electron chi connectivity index (χ1n) is 5.13. The molecule has 0 bridgehead atoms. The largest absolute Gasteiger partial charge is 0.316 e. The maximum absolute atomic E-state index is 12.0. The van der Waals surface area contributed by atoms with Crippen molar-refractivity contribution in [1.82, 2.24) is 10.0 Å². The number of nitrogens with one attached hydrogen (secondary N) is 2. The fourth-order valence-corrected chi connectivity index (χ4v) is 3.74. The molecule has 0 radical (unpaired) electrons. The van der Waals surface area contributed by atoms with Gasteiger partial charge in [0.25, 0.3) is 0 Å². The van der Waals surface area contributed by atoms with Crippen LogP contribution < -0.4 is 10.0 Å². The van der Waals surface area contributed by atoms with E-state index in [1.807, 2.05) is 6.92 Å². The monoisotopic (exact) mass is 420 g/mol. The molecule has 4 nitrogen and oxygen atoms in total. The van der Waals surface area contributed by atoms with Crippen LogP contribution in [-0.2, 0) is 10.0 Å². The standard InChI is InChI=1S/C10H14Br2N2O2S.ClH/c1-2-13-5-6-14-17(15,16)10-7-8(11)3-4-9(10)12;/h3-4,7,13-14H,2,5-6H2,1H3;1H. The van der Waals surface area contributed by atoms with Gasteiger partial charge in [-0.15, -0.1) is 12.4 Å². The fourth-order valence-electron chi connectivity index (χ4n) is 1.21. The van der Waals surface area contributed by atoms with Gasteiger partial charge in [0.1, 0.15) is 0 Å². The third-order valence-electron chi connectivity index (χ3n) is 2.03. The molecule has 0 saturated heterocycles. The smallest absolute Gasteiger partial charge is 0.241 e. The first-order valence-corrected chi connectivity index (χ1v) is 8.19. The highest BCUT2D eigenvalue weighted by molar-refractivity contribution is 9.11. The van der Waals surface area contributed by atoms with Crippen LogP contribution in [-0.4, -0.2) is 28.1 Å². The minimum absolute atomic E-state index is 0. The van der Waals surface area contributed by atoms with Crippen LogP contribution in [0.1, 0.15) is 6.92 Å². The Morgan fingerprint density at radius 3 is 2.50 bits per heavy atom. The van der Waals surface area contributed by atoms with Crippen molar-refractivity contribution < 1.29 is 8.42 Å². The van der Waals surface area contributed by atoms with Crippen LogP contribution in [0.3, 0.4) is 0 Å². The van der Waals surface area contributed by atoms with Gasteiger partial charge in [0.15, 0.2) is 0 Å². The Hall–Kier alpha value is 0.340. The number of benzene rings is 1. The summed E-state index contributed by atoms with van der Waals surface area (Å²) < 4.78 is 27.8. The van der Waals surface area contributed by atoms with Gasteiger partial charge in [0.05, 0.1) is 4.90 Å². The lowest BCUT2D eigenvalue weighted by Crippen LogP contribution is -2.31. The molecule has 1 rings (SSSR count). The minimum Gasteiger partial charge on any atom is -0.316 e. The normalized spacial score (nSPS) is 11.1. The zero-order chi connectivity index (χ0) is 12.9. The van der Waals surface area contributed by atoms with Gasteiger partial charge in [-0.2, -0.15) is 0 Å². The summed E-state index contributed by atoms with van der Waals surface area (Å²) in [6.45, 7) is 3.78. The van der Waals surface area contributed by atoms with Gasteiger partial charge in [0.2, 0.25) is 10.0 Å². The van der Waals surface area contributed by atoms with Crippen molar-refractivity contribution in [2.75, 3.05) is 19.6 Å². The molecule has 0 aliphatic rings. The van der Waals surface area contributed by atoms with Gasteiger partial charge in [-0.25, -0.2) is 13.1 Å². The first-order chi connectivity index (χ1) is 7.97. The molecule has 104 valence electrons. The molecule has 0 unspecified atom stereocenters. The summed E-state index contributed by atoms with van der Waals surface area (Å²) in [6.07, 6.45) is 0. The van der Waals surface area contributed by atoms with E-state index in [0.29, 0.717) is 17.6 Å². The van der Waals surface area contributed by atoms with E-state index in [4.69, 9.17) is 0 Å². The zero-order valence-corrected chi connectivity index (χ0v) is 14.5. The summed E-state index contributed by atoms with van der Waals surface area (Å²) in [4.78, 5) is 0.239. The Kier molecular flexibility index (Phi) is 8.66. The topological polar surface area (TPSA) is 58.2 Å². The van der Waals surface area contributed by atoms with Crippen LogP contribution in [0.25, 0.3) is 0 Å². The van der Waals surface area contributed by atoms with Gasteiger partial charge in [-0.1, -0.05) is 22.9 Å². The summed E-state index contributed by atoms with van der Waals surface area (Å²) in [5.41, 5.74) is 0. The Bertz CT molecular complexity index is 483. The van der Waals surface area contributed by atoms with E-state index >= 15 is 0 Å². The molecule has 0 fully saturated rings. The zero-order valence-electron chi connectivity index (χ0n) is 9.74. The Balaban J connectivity index is 0.00000289. The van der Waals surface area contributed by atoms with Crippen molar-refractivity contribution in [3.05, 3.63) is 27.1 Å². The second-order valence-corrected chi connectivity index (χ2v) is 6.83. The van der Waals surface area contributed by atoms with Crippen molar-refractivity contribution in [1.29, 1.82) is 0 Å². The SMILES string of the molecule is CCNCCNS(=O)(=O)c1cc(Br)ccc1Br.Cl. The van der Waals surface area contributed by atoms with Gasteiger partial charge in [0, 0.05) is 22.0 Å². The van der Waals surface area contributed by atoms with E-state index < -0.39 is 10.0 Å². The summed E-state index contributed by atoms with van der Waals surface area (Å²) in [7, 11) is -3.46. The molecule has 18 heavy (non-hydrogen) atoms. The maximum Gasteiger partial charge on any atom is 0.241 e. The van der Waals surface area contributed by atoms with Crippen molar-refractivity contribution >= 4 is 54.3 Å². The molecule has 0 aliphatic heterocycles.